The minimum absolute atomic E-state index is 0.874. The van der Waals surface area contributed by atoms with Gasteiger partial charge in [0, 0.05) is 35.9 Å². The quantitative estimate of drug-likeness (QED) is 0.222. The maximum Gasteiger partial charge on any atom is 0.0886 e. The van der Waals surface area contributed by atoms with E-state index in [0.717, 1.165) is 45.0 Å². The summed E-state index contributed by atoms with van der Waals surface area (Å²) in [7, 11) is 0. The number of hydrogen-bond acceptors (Lipinski definition) is 4. The molecular weight excluding hydrogens is 488 g/mol. The Balaban J connectivity index is 1.19. The molecule has 4 heteroatoms. The highest BCUT2D eigenvalue weighted by Gasteiger charge is 2.13. The summed E-state index contributed by atoms with van der Waals surface area (Å²) in [5, 5.41) is 7.52. The molecule has 0 saturated carbocycles. The molecule has 0 amide bonds. The lowest BCUT2D eigenvalue weighted by molar-refractivity contribution is 1.25. The lowest BCUT2D eigenvalue weighted by atomic mass is 9.90. The highest BCUT2D eigenvalue weighted by atomic mass is 14.8. The number of benzene rings is 4. The Kier molecular flexibility index (Phi) is 5.10. The summed E-state index contributed by atoms with van der Waals surface area (Å²) in [6, 6.07) is 38.1. The second-order valence-electron chi connectivity index (χ2n) is 10.0. The first-order valence-corrected chi connectivity index (χ1v) is 13.3. The molecule has 4 aromatic carbocycles. The van der Waals surface area contributed by atoms with Crippen LogP contribution in [0.3, 0.4) is 0 Å². The summed E-state index contributed by atoms with van der Waals surface area (Å²) in [5.74, 6) is 0. The second-order valence-corrected chi connectivity index (χ2v) is 10.0. The molecule has 4 aromatic heterocycles. The summed E-state index contributed by atoms with van der Waals surface area (Å²) in [4.78, 5) is 18.2. The molecule has 0 bridgehead atoms. The zero-order valence-electron chi connectivity index (χ0n) is 21.5. The molecule has 0 saturated heterocycles. The van der Waals surface area contributed by atoms with Crippen molar-refractivity contribution in [3.8, 4) is 45.0 Å². The van der Waals surface area contributed by atoms with Crippen molar-refractivity contribution in [3.63, 3.8) is 0 Å². The van der Waals surface area contributed by atoms with Gasteiger partial charge in [-0.15, -0.1) is 0 Å². The van der Waals surface area contributed by atoms with Crippen molar-refractivity contribution in [2.24, 2.45) is 0 Å². The SMILES string of the molecule is c1ccc(-c2ccc(-c3cc4ccc5cc(-c6ccc(-c7ccccn7)nc6)cc6ccc(c3)c4c56)cn2)nc1. The lowest BCUT2D eigenvalue weighted by Gasteiger charge is -2.14. The molecule has 4 nitrogen and oxygen atoms in total. The fourth-order valence-corrected chi connectivity index (χ4v) is 5.63. The van der Waals surface area contributed by atoms with Gasteiger partial charge in [0.15, 0.2) is 0 Å². The Morgan fingerprint density at radius 2 is 0.725 bits per heavy atom. The van der Waals surface area contributed by atoms with Crippen LogP contribution in [0, 0.1) is 0 Å². The van der Waals surface area contributed by atoms with Crippen molar-refractivity contribution < 1.29 is 0 Å². The zero-order chi connectivity index (χ0) is 26.5. The smallest absolute Gasteiger partial charge is 0.0886 e. The monoisotopic (exact) mass is 510 g/mol. The van der Waals surface area contributed by atoms with E-state index in [2.05, 4.69) is 70.6 Å². The van der Waals surface area contributed by atoms with Crippen LogP contribution in [0.4, 0.5) is 0 Å². The van der Waals surface area contributed by atoms with Gasteiger partial charge in [0.05, 0.1) is 22.8 Å². The molecular formula is C36H22N4. The number of pyridine rings is 4. The number of nitrogens with zero attached hydrogens (tertiary/aromatic N) is 4. The van der Waals surface area contributed by atoms with Gasteiger partial charge >= 0.3 is 0 Å². The third kappa shape index (κ3) is 3.77. The van der Waals surface area contributed by atoms with E-state index in [-0.39, 0.29) is 0 Å². The van der Waals surface area contributed by atoms with Gasteiger partial charge in [0.2, 0.25) is 0 Å². The van der Waals surface area contributed by atoms with Gasteiger partial charge in [-0.3, -0.25) is 19.9 Å². The summed E-state index contributed by atoms with van der Waals surface area (Å²) in [5.41, 5.74) is 8.01. The topological polar surface area (TPSA) is 51.6 Å². The van der Waals surface area contributed by atoms with Gasteiger partial charge in [-0.2, -0.15) is 0 Å². The Labute approximate surface area is 231 Å². The van der Waals surface area contributed by atoms with E-state index in [0.29, 0.717) is 0 Å². The molecule has 0 radical (unpaired) electrons. The molecule has 8 aromatic rings. The van der Waals surface area contributed by atoms with Crippen LogP contribution < -0.4 is 0 Å². The van der Waals surface area contributed by atoms with E-state index in [1.807, 2.05) is 60.9 Å². The Bertz CT molecular complexity index is 1900. The van der Waals surface area contributed by atoms with E-state index < -0.39 is 0 Å². The lowest BCUT2D eigenvalue weighted by Crippen LogP contribution is -1.90. The van der Waals surface area contributed by atoms with E-state index in [1.165, 1.54) is 32.3 Å². The van der Waals surface area contributed by atoms with Crippen LogP contribution in [-0.2, 0) is 0 Å². The Hall–Kier alpha value is -5.48. The summed E-state index contributed by atoms with van der Waals surface area (Å²) in [6.07, 6.45) is 7.47. The van der Waals surface area contributed by atoms with Gasteiger partial charge in [-0.1, -0.05) is 48.5 Å². The van der Waals surface area contributed by atoms with E-state index >= 15 is 0 Å². The minimum atomic E-state index is 0.874. The molecule has 8 rings (SSSR count). The van der Waals surface area contributed by atoms with E-state index in [4.69, 9.17) is 9.97 Å². The molecule has 0 aliphatic heterocycles. The standard InChI is InChI=1S/C36H22N4/c1-3-15-37-31(5-1)33-13-11-27(21-39-33)29-17-23-7-9-25-19-30(20-26-10-8-24(18-29)35(23)36(25)26)28-12-14-34(40-22-28)32-6-2-4-16-38-32/h1-22H. The van der Waals surface area contributed by atoms with Crippen LogP contribution in [0.5, 0.6) is 0 Å². The maximum atomic E-state index is 4.69. The van der Waals surface area contributed by atoms with Gasteiger partial charge < -0.3 is 0 Å². The normalized spacial score (nSPS) is 11.5. The predicted octanol–water partition coefficient (Wildman–Crippen LogP) is 8.83. The first kappa shape index (κ1) is 22.5. The average molecular weight is 511 g/mol. The summed E-state index contributed by atoms with van der Waals surface area (Å²) >= 11 is 0. The maximum absolute atomic E-state index is 4.69. The molecule has 0 fully saturated rings. The van der Waals surface area contributed by atoms with Crippen molar-refractivity contribution >= 4 is 32.3 Å². The van der Waals surface area contributed by atoms with Crippen LogP contribution >= 0.6 is 0 Å². The van der Waals surface area contributed by atoms with Gasteiger partial charge in [0.1, 0.15) is 0 Å². The minimum Gasteiger partial charge on any atom is -0.255 e. The zero-order valence-corrected chi connectivity index (χ0v) is 21.5. The third-order valence-electron chi connectivity index (χ3n) is 7.58. The molecule has 0 N–H and O–H groups in total. The third-order valence-corrected chi connectivity index (χ3v) is 7.58. The Morgan fingerprint density at radius 3 is 1.05 bits per heavy atom. The van der Waals surface area contributed by atoms with Crippen molar-refractivity contribution in [1.82, 2.24) is 19.9 Å². The second kappa shape index (κ2) is 9.07. The average Bonchev–Trinajstić information content (AvgIpc) is 3.04. The largest absolute Gasteiger partial charge is 0.255 e. The molecule has 0 unspecified atom stereocenters. The van der Waals surface area contributed by atoms with Crippen molar-refractivity contribution in [1.29, 1.82) is 0 Å². The molecule has 4 heterocycles. The van der Waals surface area contributed by atoms with Gasteiger partial charge in [-0.05, 0) is 104 Å². The molecule has 0 atom stereocenters. The fraction of sp³-hybridized carbons (Fsp3) is 0. The van der Waals surface area contributed by atoms with Crippen LogP contribution in [0.15, 0.2) is 134 Å². The van der Waals surface area contributed by atoms with Crippen LogP contribution in [0.1, 0.15) is 0 Å². The molecule has 40 heavy (non-hydrogen) atoms. The van der Waals surface area contributed by atoms with Crippen LogP contribution in [0.25, 0.3) is 77.3 Å². The van der Waals surface area contributed by atoms with Crippen LogP contribution in [0.2, 0.25) is 0 Å². The van der Waals surface area contributed by atoms with Crippen molar-refractivity contribution in [2.75, 3.05) is 0 Å². The number of rotatable bonds is 4. The molecule has 186 valence electrons. The molecule has 0 aliphatic carbocycles. The summed E-state index contributed by atoms with van der Waals surface area (Å²) < 4.78 is 0. The molecule has 0 spiro atoms. The first-order chi connectivity index (χ1) is 19.8. The summed E-state index contributed by atoms with van der Waals surface area (Å²) in [6.45, 7) is 0. The Morgan fingerprint density at radius 1 is 0.325 bits per heavy atom. The van der Waals surface area contributed by atoms with Crippen molar-refractivity contribution in [3.05, 3.63) is 134 Å². The van der Waals surface area contributed by atoms with Gasteiger partial charge in [0.25, 0.3) is 0 Å². The molecule has 0 aliphatic rings. The van der Waals surface area contributed by atoms with Crippen molar-refractivity contribution in [2.45, 2.75) is 0 Å². The highest BCUT2D eigenvalue weighted by Crippen LogP contribution is 2.39. The van der Waals surface area contributed by atoms with Crippen LogP contribution in [-0.4, -0.2) is 19.9 Å². The number of aromatic nitrogens is 4. The fourth-order valence-electron chi connectivity index (χ4n) is 5.63. The predicted molar refractivity (Wildman–Crippen MR) is 163 cm³/mol. The van der Waals surface area contributed by atoms with E-state index in [1.54, 1.807) is 12.4 Å². The highest BCUT2D eigenvalue weighted by molar-refractivity contribution is 6.24. The first-order valence-electron chi connectivity index (χ1n) is 13.3. The number of hydrogen-bond donors (Lipinski definition) is 0. The van der Waals surface area contributed by atoms with Gasteiger partial charge in [-0.25, -0.2) is 0 Å². The van der Waals surface area contributed by atoms with E-state index in [9.17, 15) is 0 Å².